The van der Waals surface area contributed by atoms with Crippen LogP contribution in [0.25, 0.3) is 0 Å². The van der Waals surface area contributed by atoms with Gasteiger partial charge >= 0.3 is 5.97 Å². The van der Waals surface area contributed by atoms with Crippen molar-refractivity contribution in [2.45, 2.75) is 39.8 Å². The molecule has 2 unspecified atom stereocenters. The SMILES string of the molecule is CC(=O)NC(C(=O)NC(C)C(=O)O)C(C)C. The van der Waals surface area contributed by atoms with E-state index in [-0.39, 0.29) is 11.8 Å². The molecule has 0 aromatic rings. The standard InChI is InChI=1S/C10H18N2O4/c1-5(2)8(12-7(4)13)9(14)11-6(3)10(15)16/h5-6,8H,1-4H3,(H,11,14)(H,12,13)(H,15,16). The van der Waals surface area contributed by atoms with E-state index in [4.69, 9.17) is 5.11 Å². The molecule has 0 fully saturated rings. The third kappa shape index (κ3) is 4.77. The molecule has 0 aliphatic rings. The van der Waals surface area contributed by atoms with Crippen molar-refractivity contribution >= 4 is 17.8 Å². The Kier molecular flexibility index (Phi) is 5.49. The van der Waals surface area contributed by atoms with Crippen LogP contribution in [0.15, 0.2) is 0 Å². The Labute approximate surface area is 94.4 Å². The van der Waals surface area contributed by atoms with Gasteiger partial charge in [0.2, 0.25) is 11.8 Å². The highest BCUT2D eigenvalue weighted by Crippen LogP contribution is 2.02. The number of rotatable bonds is 5. The highest BCUT2D eigenvalue weighted by atomic mass is 16.4. The van der Waals surface area contributed by atoms with E-state index in [2.05, 4.69) is 10.6 Å². The number of nitrogens with one attached hydrogen (secondary N) is 2. The maximum atomic E-state index is 11.6. The molecule has 0 aromatic heterocycles. The van der Waals surface area contributed by atoms with E-state index in [0.29, 0.717) is 0 Å². The van der Waals surface area contributed by atoms with Gasteiger partial charge in [-0.05, 0) is 12.8 Å². The molecule has 6 nitrogen and oxygen atoms in total. The minimum absolute atomic E-state index is 0.107. The summed E-state index contributed by atoms with van der Waals surface area (Å²) in [5.41, 5.74) is 0. The molecule has 6 heteroatoms. The minimum atomic E-state index is -1.11. The van der Waals surface area contributed by atoms with E-state index in [0.717, 1.165) is 0 Å². The number of amides is 2. The molecule has 0 rings (SSSR count). The summed E-state index contributed by atoms with van der Waals surface area (Å²) in [6, 6.07) is -1.68. The zero-order chi connectivity index (χ0) is 12.9. The lowest BCUT2D eigenvalue weighted by molar-refractivity contribution is -0.141. The van der Waals surface area contributed by atoms with Gasteiger partial charge in [0.25, 0.3) is 0 Å². The third-order valence-corrected chi connectivity index (χ3v) is 2.04. The van der Waals surface area contributed by atoms with Crippen LogP contribution < -0.4 is 10.6 Å². The maximum Gasteiger partial charge on any atom is 0.325 e. The predicted octanol–water partition coefficient (Wildman–Crippen LogP) is -0.264. The van der Waals surface area contributed by atoms with Gasteiger partial charge in [-0.1, -0.05) is 13.8 Å². The van der Waals surface area contributed by atoms with Crippen molar-refractivity contribution in [3.05, 3.63) is 0 Å². The maximum absolute atomic E-state index is 11.6. The van der Waals surface area contributed by atoms with Crippen LogP contribution in [-0.2, 0) is 14.4 Å². The topological polar surface area (TPSA) is 95.5 Å². The van der Waals surface area contributed by atoms with Gasteiger partial charge in [0.1, 0.15) is 12.1 Å². The highest BCUT2D eigenvalue weighted by molar-refractivity contribution is 5.89. The summed E-state index contributed by atoms with van der Waals surface area (Å²) in [5, 5.41) is 13.4. The summed E-state index contributed by atoms with van der Waals surface area (Å²) in [7, 11) is 0. The molecule has 92 valence electrons. The Bertz CT molecular complexity index is 289. The van der Waals surface area contributed by atoms with Gasteiger partial charge in [-0.25, -0.2) is 0 Å². The van der Waals surface area contributed by atoms with Crippen molar-refractivity contribution in [3.8, 4) is 0 Å². The molecule has 0 bridgehead atoms. The van der Waals surface area contributed by atoms with Crippen LogP contribution in [-0.4, -0.2) is 35.0 Å². The normalized spacial score (nSPS) is 14.1. The average Bonchev–Trinajstić information content (AvgIpc) is 2.12. The fraction of sp³-hybridized carbons (Fsp3) is 0.700. The van der Waals surface area contributed by atoms with E-state index in [1.807, 2.05) is 0 Å². The lowest BCUT2D eigenvalue weighted by Gasteiger charge is -2.22. The van der Waals surface area contributed by atoms with E-state index >= 15 is 0 Å². The fourth-order valence-corrected chi connectivity index (χ4v) is 1.12. The number of carbonyl (C=O) groups is 3. The van der Waals surface area contributed by atoms with Gasteiger partial charge in [-0.2, -0.15) is 0 Å². The quantitative estimate of drug-likeness (QED) is 0.606. The molecule has 2 amide bonds. The molecule has 0 aliphatic carbocycles. The van der Waals surface area contributed by atoms with Crippen LogP contribution in [0, 0.1) is 5.92 Å². The molecule has 16 heavy (non-hydrogen) atoms. The summed E-state index contributed by atoms with van der Waals surface area (Å²) < 4.78 is 0. The number of carboxylic acids is 1. The van der Waals surface area contributed by atoms with Crippen molar-refractivity contribution in [1.82, 2.24) is 10.6 Å². The minimum Gasteiger partial charge on any atom is -0.480 e. The zero-order valence-corrected chi connectivity index (χ0v) is 9.90. The molecule has 0 saturated carbocycles. The smallest absolute Gasteiger partial charge is 0.325 e. The molecule has 2 atom stereocenters. The fourth-order valence-electron chi connectivity index (χ4n) is 1.12. The van der Waals surface area contributed by atoms with Crippen molar-refractivity contribution in [2.24, 2.45) is 5.92 Å². The summed E-state index contributed by atoms with van der Waals surface area (Å²) in [4.78, 5) is 33.1. The molecule has 3 N–H and O–H groups in total. The first kappa shape index (κ1) is 14.4. The first-order valence-corrected chi connectivity index (χ1v) is 5.06. The second-order valence-corrected chi connectivity index (χ2v) is 3.99. The van der Waals surface area contributed by atoms with Crippen molar-refractivity contribution in [3.63, 3.8) is 0 Å². The summed E-state index contributed by atoms with van der Waals surface area (Å²) in [5.74, 6) is -2.03. The van der Waals surface area contributed by atoms with Crippen molar-refractivity contribution in [2.75, 3.05) is 0 Å². The van der Waals surface area contributed by atoms with Crippen LogP contribution in [0.5, 0.6) is 0 Å². The first-order valence-electron chi connectivity index (χ1n) is 5.06. The molecule has 0 spiro atoms. The van der Waals surface area contributed by atoms with E-state index < -0.39 is 24.0 Å². The van der Waals surface area contributed by atoms with Gasteiger partial charge in [-0.15, -0.1) is 0 Å². The predicted molar refractivity (Wildman–Crippen MR) is 57.7 cm³/mol. The Morgan fingerprint density at radius 3 is 1.88 bits per heavy atom. The van der Waals surface area contributed by atoms with Gasteiger partial charge in [0.15, 0.2) is 0 Å². The summed E-state index contributed by atoms with van der Waals surface area (Å²) in [6.45, 7) is 6.21. The zero-order valence-electron chi connectivity index (χ0n) is 9.90. The Hall–Kier alpha value is -1.59. The second-order valence-electron chi connectivity index (χ2n) is 3.99. The number of hydrogen-bond donors (Lipinski definition) is 3. The molecule has 0 aliphatic heterocycles. The van der Waals surface area contributed by atoms with Gasteiger partial charge < -0.3 is 15.7 Å². The lowest BCUT2D eigenvalue weighted by Crippen LogP contribution is -2.52. The average molecular weight is 230 g/mol. The van der Waals surface area contributed by atoms with Crippen molar-refractivity contribution < 1.29 is 19.5 Å². The third-order valence-electron chi connectivity index (χ3n) is 2.04. The number of hydrogen-bond acceptors (Lipinski definition) is 3. The summed E-state index contributed by atoms with van der Waals surface area (Å²) in [6.07, 6.45) is 0. The molecule has 0 aromatic carbocycles. The van der Waals surface area contributed by atoms with Crippen LogP contribution in [0.3, 0.4) is 0 Å². The van der Waals surface area contributed by atoms with E-state index in [1.54, 1.807) is 13.8 Å². The van der Waals surface area contributed by atoms with E-state index in [9.17, 15) is 14.4 Å². The molecule has 0 saturated heterocycles. The summed E-state index contributed by atoms with van der Waals surface area (Å²) >= 11 is 0. The lowest BCUT2D eigenvalue weighted by atomic mass is 10.0. The first-order chi connectivity index (χ1) is 7.25. The molecule has 0 heterocycles. The van der Waals surface area contributed by atoms with Gasteiger partial charge in [-0.3, -0.25) is 14.4 Å². The second kappa shape index (κ2) is 6.09. The van der Waals surface area contributed by atoms with Gasteiger partial charge in [0.05, 0.1) is 0 Å². The van der Waals surface area contributed by atoms with Crippen LogP contribution >= 0.6 is 0 Å². The van der Waals surface area contributed by atoms with Crippen molar-refractivity contribution in [1.29, 1.82) is 0 Å². The number of aliphatic carboxylic acids is 1. The molecule has 0 radical (unpaired) electrons. The van der Waals surface area contributed by atoms with Gasteiger partial charge in [0, 0.05) is 6.92 Å². The number of carbonyl (C=O) groups excluding carboxylic acids is 2. The Morgan fingerprint density at radius 1 is 1.06 bits per heavy atom. The monoisotopic (exact) mass is 230 g/mol. The van der Waals surface area contributed by atoms with E-state index in [1.165, 1.54) is 13.8 Å². The highest BCUT2D eigenvalue weighted by Gasteiger charge is 2.25. The van der Waals surface area contributed by atoms with Crippen LogP contribution in [0.2, 0.25) is 0 Å². The Morgan fingerprint density at radius 2 is 1.56 bits per heavy atom. The number of carboxylic acid groups (broad SMARTS) is 1. The molecular formula is C10H18N2O4. The largest absolute Gasteiger partial charge is 0.480 e. The van der Waals surface area contributed by atoms with Crippen LogP contribution in [0.1, 0.15) is 27.7 Å². The Balaban J connectivity index is 4.50. The van der Waals surface area contributed by atoms with Crippen LogP contribution in [0.4, 0.5) is 0 Å². The molecular weight excluding hydrogens is 212 g/mol.